The third-order valence-corrected chi connectivity index (χ3v) is 5.89. The maximum Gasteiger partial charge on any atom is 0.247 e. The minimum atomic E-state index is -0.792. The van der Waals surface area contributed by atoms with Gasteiger partial charge in [0.1, 0.15) is 29.7 Å². The first-order valence-electron chi connectivity index (χ1n) is 11.6. The molecule has 0 saturated heterocycles. The van der Waals surface area contributed by atoms with Gasteiger partial charge in [-0.1, -0.05) is 43.3 Å². The van der Waals surface area contributed by atoms with Crippen molar-refractivity contribution in [1.82, 2.24) is 19.9 Å². The monoisotopic (exact) mass is 489 g/mol. The number of fused-ring (bicyclic) bond motifs is 1. The molecule has 0 saturated carbocycles. The van der Waals surface area contributed by atoms with Gasteiger partial charge in [0.05, 0.1) is 12.6 Å². The second kappa shape index (κ2) is 11.0. The van der Waals surface area contributed by atoms with E-state index in [9.17, 15) is 14.0 Å². The van der Waals surface area contributed by atoms with Gasteiger partial charge in [0.25, 0.3) is 0 Å². The number of nitrogens with one attached hydrogen (secondary N) is 1. The van der Waals surface area contributed by atoms with E-state index >= 15 is 0 Å². The molecule has 4 aromatic rings. The molecule has 9 heteroatoms. The second-order valence-electron chi connectivity index (χ2n) is 8.79. The summed E-state index contributed by atoms with van der Waals surface area (Å²) in [5, 5.41) is 11.2. The van der Waals surface area contributed by atoms with E-state index in [1.807, 2.05) is 38.1 Å². The number of ether oxygens (including phenoxy) is 1. The van der Waals surface area contributed by atoms with Crippen LogP contribution in [0.15, 0.2) is 72.8 Å². The fourth-order valence-corrected chi connectivity index (χ4v) is 4.08. The van der Waals surface area contributed by atoms with Crippen molar-refractivity contribution in [2.75, 3.05) is 12.4 Å². The normalized spacial score (nSPS) is 11.9. The summed E-state index contributed by atoms with van der Waals surface area (Å²) in [6.45, 7) is 3.80. The molecule has 1 heterocycles. The van der Waals surface area contributed by atoms with Gasteiger partial charge in [-0.2, -0.15) is 0 Å². The SMILES string of the molecule is COc1ccc(NC(=O)[C@H](C(C)C)N(Cc2ccc(F)cc2)C(=O)Cn2nnc3ccccc32)cc1. The topological polar surface area (TPSA) is 89.4 Å². The first-order chi connectivity index (χ1) is 17.4. The van der Waals surface area contributed by atoms with Crippen LogP contribution in [0.25, 0.3) is 11.0 Å². The van der Waals surface area contributed by atoms with Crippen LogP contribution < -0.4 is 10.1 Å². The van der Waals surface area contributed by atoms with Gasteiger partial charge in [-0.15, -0.1) is 5.10 Å². The van der Waals surface area contributed by atoms with Crippen molar-refractivity contribution in [3.63, 3.8) is 0 Å². The van der Waals surface area contributed by atoms with Crippen LogP contribution >= 0.6 is 0 Å². The average Bonchev–Trinajstić information content (AvgIpc) is 3.28. The van der Waals surface area contributed by atoms with Gasteiger partial charge >= 0.3 is 0 Å². The maximum absolute atomic E-state index is 13.7. The Morgan fingerprint density at radius 1 is 1.03 bits per heavy atom. The largest absolute Gasteiger partial charge is 0.497 e. The number of aromatic nitrogens is 3. The Morgan fingerprint density at radius 3 is 2.39 bits per heavy atom. The highest BCUT2D eigenvalue weighted by Gasteiger charge is 2.33. The lowest BCUT2D eigenvalue weighted by Gasteiger charge is -2.33. The third kappa shape index (κ3) is 5.68. The molecule has 0 spiro atoms. The fraction of sp³-hybridized carbons (Fsp3) is 0.259. The van der Waals surface area contributed by atoms with E-state index in [1.165, 1.54) is 21.7 Å². The number of nitrogens with zero attached hydrogens (tertiary/aromatic N) is 4. The van der Waals surface area contributed by atoms with Crippen molar-refractivity contribution in [3.8, 4) is 5.75 Å². The van der Waals surface area contributed by atoms with Crippen molar-refractivity contribution in [2.24, 2.45) is 5.92 Å². The highest BCUT2D eigenvalue weighted by atomic mass is 19.1. The van der Waals surface area contributed by atoms with Gasteiger partial charge in [0.15, 0.2) is 0 Å². The molecule has 1 N–H and O–H groups in total. The number of methoxy groups -OCH3 is 1. The number of rotatable bonds is 9. The summed E-state index contributed by atoms with van der Waals surface area (Å²) in [5.41, 5.74) is 2.68. The predicted molar refractivity (Wildman–Crippen MR) is 135 cm³/mol. The third-order valence-electron chi connectivity index (χ3n) is 5.89. The molecule has 1 aromatic heterocycles. The molecule has 0 radical (unpaired) electrons. The molecule has 0 fully saturated rings. The molecule has 8 nitrogen and oxygen atoms in total. The quantitative estimate of drug-likeness (QED) is 0.379. The molecule has 36 heavy (non-hydrogen) atoms. The summed E-state index contributed by atoms with van der Waals surface area (Å²) in [5.74, 6) is -0.544. The number of para-hydroxylation sites is 1. The summed E-state index contributed by atoms with van der Waals surface area (Å²) in [7, 11) is 1.57. The Kier molecular flexibility index (Phi) is 7.58. The van der Waals surface area contributed by atoms with E-state index in [4.69, 9.17) is 4.74 Å². The zero-order valence-electron chi connectivity index (χ0n) is 20.4. The minimum absolute atomic E-state index is 0.0965. The number of benzene rings is 3. The van der Waals surface area contributed by atoms with Gasteiger partial charge in [-0.25, -0.2) is 9.07 Å². The highest BCUT2D eigenvalue weighted by molar-refractivity contribution is 5.97. The lowest BCUT2D eigenvalue weighted by Crippen LogP contribution is -2.50. The lowest BCUT2D eigenvalue weighted by molar-refractivity contribution is -0.141. The molecule has 2 amide bonds. The number of anilines is 1. The zero-order valence-corrected chi connectivity index (χ0v) is 20.4. The van der Waals surface area contributed by atoms with Crippen LogP contribution in [-0.2, 0) is 22.7 Å². The predicted octanol–water partition coefficient (Wildman–Crippen LogP) is 4.27. The molecular formula is C27H28FN5O3. The number of hydrogen-bond acceptors (Lipinski definition) is 5. The zero-order chi connectivity index (χ0) is 25.7. The Bertz CT molecular complexity index is 1340. The number of halogens is 1. The van der Waals surface area contributed by atoms with Gasteiger partial charge in [-0.05, 0) is 60.0 Å². The van der Waals surface area contributed by atoms with Crippen LogP contribution in [0.3, 0.4) is 0 Å². The molecule has 0 aliphatic heterocycles. The molecule has 1 atom stereocenters. The average molecular weight is 490 g/mol. The molecule has 0 aliphatic carbocycles. The smallest absolute Gasteiger partial charge is 0.247 e. The number of amides is 2. The Morgan fingerprint density at radius 2 is 1.72 bits per heavy atom. The second-order valence-corrected chi connectivity index (χ2v) is 8.79. The maximum atomic E-state index is 13.7. The van der Waals surface area contributed by atoms with Crippen molar-refractivity contribution in [2.45, 2.75) is 33.0 Å². The molecule has 3 aromatic carbocycles. The van der Waals surface area contributed by atoms with E-state index in [0.717, 1.165) is 5.52 Å². The van der Waals surface area contributed by atoms with Crippen LogP contribution in [-0.4, -0.2) is 44.9 Å². The number of hydrogen-bond donors (Lipinski definition) is 1. The Hall–Kier alpha value is -4.27. The van der Waals surface area contributed by atoms with Crippen LogP contribution in [0, 0.1) is 11.7 Å². The van der Waals surface area contributed by atoms with Gasteiger partial charge in [0, 0.05) is 12.2 Å². The van der Waals surface area contributed by atoms with E-state index in [2.05, 4.69) is 15.6 Å². The summed E-state index contributed by atoms with van der Waals surface area (Å²) < 4.78 is 20.2. The van der Waals surface area contributed by atoms with E-state index < -0.39 is 6.04 Å². The standard InChI is InChI=1S/C27H28FN5O3/c1-18(2)26(27(35)29-21-12-14-22(36-3)15-13-21)32(16-19-8-10-20(28)11-9-19)25(34)17-33-24-7-5-4-6-23(24)30-31-33/h4-15,18,26H,16-17H2,1-3H3,(H,29,35)/t26-/m0/s1. The molecule has 0 unspecified atom stereocenters. The number of carbonyl (C=O) groups is 2. The summed E-state index contributed by atoms with van der Waals surface area (Å²) in [4.78, 5) is 28.7. The molecule has 4 rings (SSSR count). The Balaban J connectivity index is 1.63. The number of carbonyl (C=O) groups excluding carboxylic acids is 2. The van der Waals surface area contributed by atoms with Crippen LogP contribution in [0.2, 0.25) is 0 Å². The van der Waals surface area contributed by atoms with Crippen molar-refractivity contribution < 1.29 is 18.7 Å². The summed E-state index contributed by atoms with van der Waals surface area (Å²) in [6, 6.07) is 19.4. The van der Waals surface area contributed by atoms with Crippen molar-refractivity contribution in [3.05, 3.63) is 84.2 Å². The van der Waals surface area contributed by atoms with Crippen LogP contribution in [0.4, 0.5) is 10.1 Å². The van der Waals surface area contributed by atoms with E-state index in [0.29, 0.717) is 22.5 Å². The van der Waals surface area contributed by atoms with Crippen molar-refractivity contribution >= 4 is 28.5 Å². The molecular weight excluding hydrogens is 461 g/mol. The lowest BCUT2D eigenvalue weighted by atomic mass is 10.00. The minimum Gasteiger partial charge on any atom is -0.497 e. The highest BCUT2D eigenvalue weighted by Crippen LogP contribution is 2.21. The van der Waals surface area contributed by atoms with Crippen LogP contribution in [0.1, 0.15) is 19.4 Å². The van der Waals surface area contributed by atoms with Gasteiger partial charge in [-0.3, -0.25) is 9.59 Å². The molecule has 0 bridgehead atoms. The summed E-state index contributed by atoms with van der Waals surface area (Å²) in [6.07, 6.45) is 0. The first kappa shape index (κ1) is 24.8. The molecule has 0 aliphatic rings. The van der Waals surface area contributed by atoms with Gasteiger partial charge in [0.2, 0.25) is 11.8 Å². The van der Waals surface area contributed by atoms with E-state index in [-0.39, 0.29) is 36.6 Å². The van der Waals surface area contributed by atoms with E-state index in [1.54, 1.807) is 43.5 Å². The molecule has 186 valence electrons. The fourth-order valence-electron chi connectivity index (χ4n) is 4.08. The summed E-state index contributed by atoms with van der Waals surface area (Å²) >= 11 is 0. The van der Waals surface area contributed by atoms with Gasteiger partial charge < -0.3 is 15.0 Å². The van der Waals surface area contributed by atoms with Crippen LogP contribution in [0.5, 0.6) is 5.75 Å². The van der Waals surface area contributed by atoms with Crippen molar-refractivity contribution in [1.29, 1.82) is 0 Å². The first-order valence-corrected chi connectivity index (χ1v) is 11.6. The Labute approximate surface area is 208 Å².